The second kappa shape index (κ2) is 7.97. The molecule has 3 rings (SSSR count). The van der Waals surface area contributed by atoms with Crippen LogP contribution >= 0.6 is 0 Å². The highest BCUT2D eigenvalue weighted by Gasteiger charge is 2.25. The summed E-state index contributed by atoms with van der Waals surface area (Å²) in [4.78, 5) is 12.0. The van der Waals surface area contributed by atoms with Crippen molar-refractivity contribution in [3.8, 4) is 0 Å². The van der Waals surface area contributed by atoms with Crippen molar-refractivity contribution in [1.29, 1.82) is 0 Å². The van der Waals surface area contributed by atoms with Crippen LogP contribution in [0.15, 0.2) is 36.5 Å². The van der Waals surface area contributed by atoms with Crippen LogP contribution in [-0.4, -0.2) is 36.1 Å². The van der Waals surface area contributed by atoms with Gasteiger partial charge in [0.1, 0.15) is 0 Å². The molecule has 2 aromatic rings. The first-order valence-corrected chi connectivity index (χ1v) is 8.39. The molecule has 1 atom stereocenters. The van der Waals surface area contributed by atoms with E-state index in [1.807, 2.05) is 24.4 Å². The molecular weight excluding hydrogens is 304 g/mol. The van der Waals surface area contributed by atoms with Gasteiger partial charge in [0, 0.05) is 24.9 Å². The van der Waals surface area contributed by atoms with Crippen molar-refractivity contribution in [3.05, 3.63) is 53.3 Å². The zero-order valence-corrected chi connectivity index (χ0v) is 14.0. The van der Waals surface area contributed by atoms with Crippen molar-refractivity contribution >= 4 is 6.03 Å². The Balaban J connectivity index is 1.67. The molecule has 1 heterocycles. The lowest BCUT2D eigenvalue weighted by molar-refractivity contribution is 0.194. The van der Waals surface area contributed by atoms with E-state index >= 15 is 0 Å². The molecule has 0 spiro atoms. The predicted molar refractivity (Wildman–Crippen MR) is 91.9 cm³/mol. The van der Waals surface area contributed by atoms with Gasteiger partial charge in [0.2, 0.25) is 0 Å². The van der Waals surface area contributed by atoms with Crippen LogP contribution < -0.4 is 10.6 Å². The molecule has 1 aromatic carbocycles. The van der Waals surface area contributed by atoms with Crippen LogP contribution in [0.25, 0.3) is 0 Å². The number of hydrogen-bond donors (Lipinski definition) is 2. The summed E-state index contributed by atoms with van der Waals surface area (Å²) in [5.41, 5.74) is 3.60. The van der Waals surface area contributed by atoms with Gasteiger partial charge in [-0.05, 0) is 24.8 Å². The molecule has 0 saturated carbocycles. The summed E-state index contributed by atoms with van der Waals surface area (Å²) >= 11 is 0. The van der Waals surface area contributed by atoms with Crippen LogP contribution in [0.1, 0.15) is 35.7 Å². The second-order valence-electron chi connectivity index (χ2n) is 6.03. The third-order valence-electron chi connectivity index (χ3n) is 4.34. The number of ether oxygens (including phenoxy) is 1. The number of nitrogens with zero attached hydrogens (tertiary/aromatic N) is 2. The average molecular weight is 328 g/mol. The van der Waals surface area contributed by atoms with E-state index in [1.165, 1.54) is 11.3 Å². The molecule has 0 bridgehead atoms. The highest BCUT2D eigenvalue weighted by molar-refractivity contribution is 5.74. The van der Waals surface area contributed by atoms with E-state index in [0.29, 0.717) is 13.2 Å². The van der Waals surface area contributed by atoms with E-state index in [1.54, 1.807) is 7.11 Å². The van der Waals surface area contributed by atoms with Crippen molar-refractivity contribution in [1.82, 2.24) is 20.4 Å². The molecule has 0 fully saturated rings. The number of fused-ring (bicyclic) bond motifs is 1. The summed E-state index contributed by atoms with van der Waals surface area (Å²) in [7, 11) is 1.62. The van der Waals surface area contributed by atoms with Gasteiger partial charge in [-0.2, -0.15) is 5.10 Å². The van der Waals surface area contributed by atoms with E-state index in [9.17, 15) is 4.79 Å². The van der Waals surface area contributed by atoms with Crippen molar-refractivity contribution in [2.24, 2.45) is 0 Å². The molecule has 0 saturated heterocycles. The number of hydrogen-bond acceptors (Lipinski definition) is 3. The van der Waals surface area contributed by atoms with E-state index in [-0.39, 0.29) is 12.1 Å². The molecule has 0 aliphatic heterocycles. The summed E-state index contributed by atoms with van der Waals surface area (Å²) in [6.45, 7) is 1.79. The third-order valence-corrected chi connectivity index (χ3v) is 4.34. The van der Waals surface area contributed by atoms with E-state index in [2.05, 4.69) is 32.5 Å². The van der Waals surface area contributed by atoms with Gasteiger partial charge in [0.25, 0.3) is 0 Å². The van der Waals surface area contributed by atoms with Crippen LogP contribution in [0, 0.1) is 0 Å². The van der Waals surface area contributed by atoms with Gasteiger partial charge in [-0.3, -0.25) is 4.68 Å². The second-order valence-corrected chi connectivity index (χ2v) is 6.03. The van der Waals surface area contributed by atoms with E-state index in [0.717, 1.165) is 31.4 Å². The molecule has 128 valence electrons. The highest BCUT2D eigenvalue weighted by Crippen LogP contribution is 2.29. The zero-order valence-electron chi connectivity index (χ0n) is 14.0. The number of nitrogens with one attached hydrogen (secondary N) is 2. The number of amides is 2. The first kappa shape index (κ1) is 16.5. The van der Waals surface area contributed by atoms with E-state index < -0.39 is 0 Å². The van der Waals surface area contributed by atoms with Gasteiger partial charge in [-0.25, -0.2) is 4.79 Å². The van der Waals surface area contributed by atoms with Crippen molar-refractivity contribution in [3.63, 3.8) is 0 Å². The van der Waals surface area contributed by atoms with Gasteiger partial charge in [0.05, 0.1) is 25.4 Å². The summed E-state index contributed by atoms with van der Waals surface area (Å²) in [5.74, 6) is 0. The van der Waals surface area contributed by atoms with Gasteiger partial charge in [0.15, 0.2) is 0 Å². The molecule has 0 unspecified atom stereocenters. The maximum absolute atomic E-state index is 12.0. The largest absolute Gasteiger partial charge is 0.383 e. The Labute approximate surface area is 142 Å². The minimum absolute atomic E-state index is 0.0285. The Bertz CT molecular complexity index is 669. The Morgan fingerprint density at radius 1 is 1.38 bits per heavy atom. The molecule has 0 radical (unpaired) electrons. The zero-order chi connectivity index (χ0) is 16.8. The molecule has 6 nitrogen and oxygen atoms in total. The van der Waals surface area contributed by atoms with Crippen LogP contribution in [0.4, 0.5) is 4.79 Å². The number of rotatable bonds is 6. The van der Waals surface area contributed by atoms with E-state index in [4.69, 9.17) is 4.74 Å². The van der Waals surface area contributed by atoms with Crippen molar-refractivity contribution in [2.45, 2.75) is 31.8 Å². The van der Waals surface area contributed by atoms with Gasteiger partial charge in [-0.15, -0.1) is 0 Å². The average Bonchev–Trinajstić information content (AvgIpc) is 3.00. The minimum atomic E-state index is -0.152. The first-order chi connectivity index (χ1) is 11.8. The number of benzene rings is 1. The summed E-state index contributed by atoms with van der Waals surface area (Å²) in [6.07, 6.45) is 4.90. The number of carbonyl (C=O) groups excluding carboxylic acids is 1. The van der Waals surface area contributed by atoms with Crippen molar-refractivity contribution < 1.29 is 9.53 Å². The summed E-state index contributed by atoms with van der Waals surface area (Å²) in [6, 6.07) is 10.2. The van der Waals surface area contributed by atoms with Crippen LogP contribution in [-0.2, 0) is 17.7 Å². The third kappa shape index (κ3) is 3.94. The normalized spacial score (nSPS) is 16.5. The standard InChI is InChI=1S/C18H24N4O2/c1-24-11-10-19-18(23)21-16-8-5-9-17-15(16)12-20-22(17)13-14-6-3-2-4-7-14/h2-4,6-7,12,16H,5,8-11,13H2,1H3,(H2,19,21,23)/t16-/m0/s1. The van der Waals surface area contributed by atoms with Crippen LogP contribution in [0.5, 0.6) is 0 Å². The fourth-order valence-electron chi connectivity index (χ4n) is 3.14. The number of urea groups is 1. The molecule has 2 N–H and O–H groups in total. The Morgan fingerprint density at radius 2 is 2.21 bits per heavy atom. The van der Waals surface area contributed by atoms with Crippen molar-refractivity contribution in [2.75, 3.05) is 20.3 Å². The number of methoxy groups -OCH3 is 1. The molecule has 1 aliphatic carbocycles. The molecule has 6 heteroatoms. The summed E-state index contributed by atoms with van der Waals surface area (Å²) in [5, 5.41) is 10.4. The topological polar surface area (TPSA) is 68.2 Å². The fourth-order valence-corrected chi connectivity index (χ4v) is 3.14. The SMILES string of the molecule is COCCNC(=O)N[C@H]1CCCc2c1cnn2Cc1ccccc1. The Morgan fingerprint density at radius 3 is 3.00 bits per heavy atom. The number of carbonyl (C=O) groups is 1. The van der Waals surface area contributed by atoms with Crippen LogP contribution in [0.3, 0.4) is 0 Å². The Kier molecular flexibility index (Phi) is 5.48. The predicted octanol–water partition coefficient (Wildman–Crippen LogP) is 2.25. The summed E-state index contributed by atoms with van der Waals surface area (Å²) < 4.78 is 7.00. The Hall–Kier alpha value is -2.34. The minimum Gasteiger partial charge on any atom is -0.383 e. The monoisotopic (exact) mass is 328 g/mol. The quantitative estimate of drug-likeness (QED) is 0.799. The molecule has 2 amide bonds. The number of aromatic nitrogens is 2. The molecule has 24 heavy (non-hydrogen) atoms. The molecular formula is C18H24N4O2. The lowest BCUT2D eigenvalue weighted by Crippen LogP contribution is -2.40. The first-order valence-electron chi connectivity index (χ1n) is 8.39. The van der Waals surface area contributed by atoms with Gasteiger partial charge >= 0.3 is 6.03 Å². The fraction of sp³-hybridized carbons (Fsp3) is 0.444. The molecule has 1 aromatic heterocycles. The highest BCUT2D eigenvalue weighted by atomic mass is 16.5. The smallest absolute Gasteiger partial charge is 0.315 e. The maximum Gasteiger partial charge on any atom is 0.315 e. The van der Waals surface area contributed by atoms with Gasteiger partial charge in [-0.1, -0.05) is 30.3 Å². The lowest BCUT2D eigenvalue weighted by Gasteiger charge is -2.24. The van der Waals surface area contributed by atoms with Gasteiger partial charge < -0.3 is 15.4 Å². The maximum atomic E-state index is 12.0. The van der Waals surface area contributed by atoms with Crippen LogP contribution in [0.2, 0.25) is 0 Å². The lowest BCUT2D eigenvalue weighted by atomic mass is 9.93. The molecule has 1 aliphatic rings.